The molecule has 0 aromatic carbocycles. The van der Waals surface area contributed by atoms with Crippen LogP contribution in [0.2, 0.25) is 0 Å². The van der Waals surface area contributed by atoms with Crippen molar-refractivity contribution < 1.29 is 0 Å². The molecule has 0 N–H and O–H groups in total. The maximum atomic E-state index is 3.93. The molecule has 0 aromatic heterocycles. The summed E-state index contributed by atoms with van der Waals surface area (Å²) in [6.45, 7) is 5.46. The molecule has 2 nitrogen and oxygen atoms in total. The Balaban J connectivity index is 3.50. The summed E-state index contributed by atoms with van der Waals surface area (Å²) in [7, 11) is 3.85. The summed E-state index contributed by atoms with van der Waals surface area (Å²) < 4.78 is 0. The normalized spacial score (nSPS) is 9.88. The molecule has 0 rings (SSSR count). The van der Waals surface area contributed by atoms with Crippen molar-refractivity contribution in [1.82, 2.24) is 4.90 Å². The standard InChI is InChI=1S/C6H12N2/c1-6(2)7-5-8(3)4/h5H,1H2,2-4H3. The van der Waals surface area contributed by atoms with Crippen molar-refractivity contribution in [3.8, 4) is 0 Å². The van der Waals surface area contributed by atoms with Crippen molar-refractivity contribution in [1.29, 1.82) is 0 Å². The molecule has 0 aliphatic heterocycles. The SMILES string of the molecule is C=C(C)N=CN(C)C. The topological polar surface area (TPSA) is 15.6 Å². The van der Waals surface area contributed by atoms with E-state index in [1.165, 1.54) is 0 Å². The maximum absolute atomic E-state index is 3.93. The first kappa shape index (κ1) is 7.21. The highest BCUT2D eigenvalue weighted by atomic mass is 15.1. The molecule has 0 saturated heterocycles. The minimum atomic E-state index is 0.832. The van der Waals surface area contributed by atoms with Gasteiger partial charge >= 0.3 is 0 Å². The van der Waals surface area contributed by atoms with Crippen LogP contribution in [0.15, 0.2) is 17.3 Å². The monoisotopic (exact) mass is 112 g/mol. The molecule has 0 aliphatic rings. The van der Waals surface area contributed by atoms with Gasteiger partial charge in [-0.3, -0.25) is 0 Å². The molecule has 0 aromatic rings. The minimum absolute atomic E-state index is 0.832. The Bertz CT molecular complexity index is 103. The van der Waals surface area contributed by atoms with Crippen LogP contribution in [0.4, 0.5) is 0 Å². The molecule has 0 atom stereocenters. The molecular weight excluding hydrogens is 100 g/mol. The number of aliphatic imine (C=N–C) groups is 1. The summed E-state index contributed by atoms with van der Waals surface area (Å²) in [4.78, 5) is 5.80. The van der Waals surface area contributed by atoms with Gasteiger partial charge < -0.3 is 4.90 Å². The van der Waals surface area contributed by atoms with Crippen molar-refractivity contribution >= 4 is 6.34 Å². The van der Waals surface area contributed by atoms with Crippen LogP contribution in [0.25, 0.3) is 0 Å². The van der Waals surface area contributed by atoms with E-state index in [1.54, 1.807) is 6.34 Å². The fourth-order valence-electron chi connectivity index (χ4n) is 0.214. The second kappa shape index (κ2) is 3.24. The summed E-state index contributed by atoms with van der Waals surface area (Å²) in [6.07, 6.45) is 1.72. The summed E-state index contributed by atoms with van der Waals surface area (Å²) in [5, 5.41) is 0. The zero-order chi connectivity index (χ0) is 6.57. The quantitative estimate of drug-likeness (QED) is 0.386. The van der Waals surface area contributed by atoms with Gasteiger partial charge in [0.05, 0.1) is 6.34 Å². The Labute approximate surface area is 50.5 Å². The van der Waals surface area contributed by atoms with Gasteiger partial charge in [0, 0.05) is 19.8 Å². The lowest BCUT2D eigenvalue weighted by atomic mass is 10.6. The van der Waals surface area contributed by atoms with Crippen LogP contribution in [0.1, 0.15) is 6.92 Å². The van der Waals surface area contributed by atoms with E-state index in [1.807, 2.05) is 25.9 Å². The highest BCUT2D eigenvalue weighted by molar-refractivity contribution is 5.55. The molecule has 0 unspecified atom stereocenters. The highest BCUT2D eigenvalue weighted by Gasteiger charge is 1.74. The number of hydrogen-bond acceptors (Lipinski definition) is 1. The fourth-order valence-corrected chi connectivity index (χ4v) is 0.214. The minimum Gasteiger partial charge on any atom is -0.369 e. The van der Waals surface area contributed by atoms with Crippen molar-refractivity contribution in [3.05, 3.63) is 12.3 Å². The van der Waals surface area contributed by atoms with Crippen molar-refractivity contribution in [3.63, 3.8) is 0 Å². The Morgan fingerprint density at radius 2 is 2.12 bits per heavy atom. The van der Waals surface area contributed by atoms with E-state index in [9.17, 15) is 0 Å². The van der Waals surface area contributed by atoms with Gasteiger partial charge in [0.2, 0.25) is 0 Å². The smallest absolute Gasteiger partial charge is 0.0902 e. The largest absolute Gasteiger partial charge is 0.369 e. The van der Waals surface area contributed by atoms with Gasteiger partial charge in [0.15, 0.2) is 0 Å². The second-order valence-electron chi connectivity index (χ2n) is 1.94. The van der Waals surface area contributed by atoms with Gasteiger partial charge in [-0.05, 0) is 6.92 Å². The van der Waals surface area contributed by atoms with Gasteiger partial charge in [-0.1, -0.05) is 6.58 Å². The van der Waals surface area contributed by atoms with Crippen LogP contribution in [-0.2, 0) is 0 Å². The lowest BCUT2D eigenvalue weighted by molar-refractivity contribution is 0.642. The molecule has 0 bridgehead atoms. The van der Waals surface area contributed by atoms with E-state index < -0.39 is 0 Å². The van der Waals surface area contributed by atoms with Gasteiger partial charge in [-0.15, -0.1) is 0 Å². The van der Waals surface area contributed by atoms with Crippen LogP contribution < -0.4 is 0 Å². The van der Waals surface area contributed by atoms with Crippen molar-refractivity contribution in [2.24, 2.45) is 4.99 Å². The Morgan fingerprint density at radius 3 is 2.25 bits per heavy atom. The summed E-state index contributed by atoms with van der Waals surface area (Å²) in [5.41, 5.74) is 0.832. The van der Waals surface area contributed by atoms with Gasteiger partial charge in [-0.25, -0.2) is 4.99 Å². The lowest BCUT2D eigenvalue weighted by Crippen LogP contribution is -2.07. The summed E-state index contributed by atoms with van der Waals surface area (Å²) in [5.74, 6) is 0. The molecule has 0 radical (unpaired) electrons. The Hall–Kier alpha value is -0.790. The molecule has 0 spiro atoms. The number of rotatable bonds is 2. The predicted molar refractivity (Wildman–Crippen MR) is 37.0 cm³/mol. The van der Waals surface area contributed by atoms with E-state index in [-0.39, 0.29) is 0 Å². The summed E-state index contributed by atoms with van der Waals surface area (Å²) >= 11 is 0. The first-order valence-electron chi connectivity index (χ1n) is 2.49. The van der Waals surface area contributed by atoms with Crippen molar-refractivity contribution in [2.75, 3.05) is 14.1 Å². The first-order valence-corrected chi connectivity index (χ1v) is 2.49. The maximum Gasteiger partial charge on any atom is 0.0902 e. The van der Waals surface area contributed by atoms with E-state index in [2.05, 4.69) is 11.6 Å². The molecule has 0 aliphatic carbocycles. The second-order valence-corrected chi connectivity index (χ2v) is 1.94. The lowest BCUT2D eigenvalue weighted by Gasteiger charge is -2.00. The fraction of sp³-hybridized carbons (Fsp3) is 0.500. The number of nitrogens with zero attached hydrogens (tertiary/aromatic N) is 2. The third-order valence-corrected chi connectivity index (χ3v) is 0.509. The predicted octanol–water partition coefficient (Wildman–Crippen LogP) is 1.11. The van der Waals surface area contributed by atoms with Crippen LogP contribution in [-0.4, -0.2) is 25.3 Å². The van der Waals surface area contributed by atoms with E-state index in [0.29, 0.717) is 0 Å². The highest BCUT2D eigenvalue weighted by Crippen LogP contribution is 1.84. The van der Waals surface area contributed by atoms with Gasteiger partial charge in [0.25, 0.3) is 0 Å². The number of hydrogen-bond donors (Lipinski definition) is 0. The molecule has 0 fully saturated rings. The van der Waals surface area contributed by atoms with Crippen molar-refractivity contribution in [2.45, 2.75) is 6.92 Å². The molecule has 8 heavy (non-hydrogen) atoms. The Morgan fingerprint density at radius 1 is 1.62 bits per heavy atom. The van der Waals surface area contributed by atoms with Crippen LogP contribution >= 0.6 is 0 Å². The molecule has 46 valence electrons. The van der Waals surface area contributed by atoms with E-state index in [0.717, 1.165) is 5.70 Å². The molecule has 0 heterocycles. The van der Waals surface area contributed by atoms with Crippen LogP contribution in [0, 0.1) is 0 Å². The zero-order valence-corrected chi connectivity index (χ0v) is 5.68. The molecule has 0 amide bonds. The van der Waals surface area contributed by atoms with Gasteiger partial charge in [-0.2, -0.15) is 0 Å². The average molecular weight is 112 g/mol. The molecule has 2 heteroatoms. The van der Waals surface area contributed by atoms with Crippen LogP contribution in [0.5, 0.6) is 0 Å². The van der Waals surface area contributed by atoms with E-state index in [4.69, 9.17) is 0 Å². The van der Waals surface area contributed by atoms with E-state index >= 15 is 0 Å². The zero-order valence-electron chi connectivity index (χ0n) is 5.68. The van der Waals surface area contributed by atoms with Crippen LogP contribution in [0.3, 0.4) is 0 Å². The first-order chi connectivity index (χ1) is 3.63. The third-order valence-electron chi connectivity index (χ3n) is 0.509. The average Bonchev–Trinajstić information content (AvgIpc) is 1.61. The molecule has 0 saturated carbocycles. The van der Waals surface area contributed by atoms with Gasteiger partial charge in [0.1, 0.15) is 0 Å². The Kier molecular flexibility index (Phi) is 2.92. The molecular formula is C6H12N2. The number of allylic oxidation sites excluding steroid dienone is 1. The third kappa shape index (κ3) is 5.21. The summed E-state index contributed by atoms with van der Waals surface area (Å²) in [6, 6.07) is 0.